The van der Waals surface area contributed by atoms with Gasteiger partial charge in [0.25, 0.3) is 0 Å². The molecule has 1 aliphatic heterocycles. The molecule has 0 atom stereocenters. The number of rotatable bonds is 5. The molecule has 0 aliphatic carbocycles. The van der Waals surface area contributed by atoms with Crippen LogP contribution < -0.4 is 14.8 Å². The Hall–Kier alpha value is -1.52. The summed E-state index contributed by atoms with van der Waals surface area (Å²) < 4.78 is 10.9. The fourth-order valence-electron chi connectivity index (χ4n) is 2.39. The van der Waals surface area contributed by atoms with Crippen molar-refractivity contribution in [1.82, 2.24) is 5.32 Å². The zero-order chi connectivity index (χ0) is 14.0. The van der Waals surface area contributed by atoms with E-state index in [0.29, 0.717) is 6.79 Å². The first kappa shape index (κ1) is 13.5. The first-order valence-electron chi connectivity index (χ1n) is 6.79. The molecule has 20 heavy (non-hydrogen) atoms. The molecule has 4 heteroatoms. The highest BCUT2D eigenvalue weighted by atomic mass is 32.1. The van der Waals surface area contributed by atoms with Gasteiger partial charge in [0, 0.05) is 28.9 Å². The van der Waals surface area contributed by atoms with Crippen LogP contribution in [-0.2, 0) is 12.0 Å². The van der Waals surface area contributed by atoms with Crippen molar-refractivity contribution in [1.29, 1.82) is 0 Å². The van der Waals surface area contributed by atoms with Gasteiger partial charge in [-0.25, -0.2) is 0 Å². The van der Waals surface area contributed by atoms with Crippen molar-refractivity contribution in [3.63, 3.8) is 0 Å². The second-order valence-corrected chi connectivity index (χ2v) is 6.56. The lowest BCUT2D eigenvalue weighted by Gasteiger charge is -2.24. The van der Waals surface area contributed by atoms with E-state index in [9.17, 15) is 0 Å². The Labute approximate surface area is 123 Å². The lowest BCUT2D eigenvalue weighted by Crippen LogP contribution is -2.31. The molecule has 0 saturated heterocycles. The van der Waals surface area contributed by atoms with Crippen LogP contribution >= 0.6 is 11.3 Å². The van der Waals surface area contributed by atoms with E-state index in [0.717, 1.165) is 30.2 Å². The minimum absolute atomic E-state index is 0.142. The zero-order valence-corrected chi connectivity index (χ0v) is 12.6. The topological polar surface area (TPSA) is 30.5 Å². The first-order valence-corrected chi connectivity index (χ1v) is 7.67. The third-order valence-electron chi connectivity index (χ3n) is 3.55. The van der Waals surface area contributed by atoms with Gasteiger partial charge in [-0.1, -0.05) is 32.0 Å². The van der Waals surface area contributed by atoms with Crippen molar-refractivity contribution in [2.75, 3.05) is 13.3 Å². The highest BCUT2D eigenvalue weighted by Crippen LogP contribution is 2.35. The number of ether oxygens (including phenoxy) is 2. The summed E-state index contributed by atoms with van der Waals surface area (Å²) >= 11 is 1.81. The molecule has 0 fully saturated rings. The smallest absolute Gasteiger partial charge is 0.231 e. The van der Waals surface area contributed by atoms with E-state index >= 15 is 0 Å². The highest BCUT2D eigenvalue weighted by molar-refractivity contribution is 7.10. The summed E-state index contributed by atoms with van der Waals surface area (Å²) in [7, 11) is 0. The Morgan fingerprint density at radius 3 is 2.90 bits per heavy atom. The summed E-state index contributed by atoms with van der Waals surface area (Å²) in [6.07, 6.45) is 0. The van der Waals surface area contributed by atoms with E-state index in [1.807, 2.05) is 23.5 Å². The maximum absolute atomic E-state index is 5.52. The quantitative estimate of drug-likeness (QED) is 0.913. The van der Waals surface area contributed by atoms with Crippen molar-refractivity contribution in [2.45, 2.75) is 25.8 Å². The van der Waals surface area contributed by atoms with Crippen molar-refractivity contribution in [3.8, 4) is 11.5 Å². The summed E-state index contributed by atoms with van der Waals surface area (Å²) in [6, 6.07) is 10.3. The Morgan fingerprint density at radius 1 is 1.20 bits per heavy atom. The van der Waals surface area contributed by atoms with Crippen LogP contribution in [0.5, 0.6) is 11.5 Å². The van der Waals surface area contributed by atoms with Crippen LogP contribution in [0.3, 0.4) is 0 Å². The number of hydrogen-bond acceptors (Lipinski definition) is 4. The third-order valence-corrected chi connectivity index (χ3v) is 4.78. The Kier molecular flexibility index (Phi) is 3.68. The largest absolute Gasteiger partial charge is 0.454 e. The van der Waals surface area contributed by atoms with E-state index in [4.69, 9.17) is 9.47 Å². The third kappa shape index (κ3) is 2.67. The van der Waals surface area contributed by atoms with Gasteiger partial charge in [0.05, 0.1) is 0 Å². The number of nitrogens with one attached hydrogen (secondary N) is 1. The number of fused-ring (bicyclic) bond motifs is 1. The van der Waals surface area contributed by atoms with Gasteiger partial charge in [0.2, 0.25) is 6.79 Å². The van der Waals surface area contributed by atoms with Gasteiger partial charge in [0.1, 0.15) is 0 Å². The zero-order valence-electron chi connectivity index (χ0n) is 11.8. The van der Waals surface area contributed by atoms with Crippen LogP contribution in [0.2, 0.25) is 0 Å². The molecule has 2 aromatic rings. The van der Waals surface area contributed by atoms with Gasteiger partial charge in [-0.15, -0.1) is 11.3 Å². The van der Waals surface area contributed by atoms with Crippen LogP contribution in [0.4, 0.5) is 0 Å². The molecule has 0 unspecified atom stereocenters. The maximum atomic E-state index is 5.52. The van der Waals surface area contributed by atoms with Crippen molar-refractivity contribution in [3.05, 3.63) is 46.2 Å². The Balaban J connectivity index is 1.62. The molecule has 1 aromatic carbocycles. The van der Waals surface area contributed by atoms with Crippen LogP contribution in [-0.4, -0.2) is 13.3 Å². The predicted molar refractivity (Wildman–Crippen MR) is 81.6 cm³/mol. The molecule has 3 rings (SSSR count). The monoisotopic (exact) mass is 289 g/mol. The molecular formula is C16H19NO2S. The van der Waals surface area contributed by atoms with Crippen molar-refractivity contribution < 1.29 is 9.47 Å². The van der Waals surface area contributed by atoms with E-state index in [1.54, 1.807) is 0 Å². The van der Waals surface area contributed by atoms with Gasteiger partial charge in [-0.05, 0) is 17.5 Å². The fraction of sp³-hybridized carbons (Fsp3) is 0.375. The normalized spacial score (nSPS) is 13.7. The minimum atomic E-state index is 0.142. The molecular weight excluding hydrogens is 270 g/mol. The standard InChI is InChI=1S/C16H19NO2S/c1-16(2,14-7-4-8-20-14)10-17-9-12-5-3-6-13-15(12)19-11-18-13/h3-8,17H,9-11H2,1-2H3. The van der Waals surface area contributed by atoms with Gasteiger partial charge in [-0.2, -0.15) is 0 Å². The van der Waals surface area contributed by atoms with E-state index in [-0.39, 0.29) is 5.41 Å². The summed E-state index contributed by atoms with van der Waals surface area (Å²) in [5.41, 5.74) is 1.30. The van der Waals surface area contributed by atoms with E-state index in [1.165, 1.54) is 4.88 Å². The van der Waals surface area contributed by atoms with Crippen molar-refractivity contribution >= 4 is 11.3 Å². The number of thiophene rings is 1. The van der Waals surface area contributed by atoms with Crippen LogP contribution in [0.1, 0.15) is 24.3 Å². The van der Waals surface area contributed by atoms with Crippen LogP contribution in [0.25, 0.3) is 0 Å². The minimum Gasteiger partial charge on any atom is -0.454 e. The molecule has 0 amide bonds. The second-order valence-electron chi connectivity index (χ2n) is 5.62. The Bertz CT molecular complexity index is 578. The second kappa shape index (κ2) is 5.46. The molecule has 1 N–H and O–H groups in total. The summed E-state index contributed by atoms with van der Waals surface area (Å²) in [6.45, 7) is 6.58. The molecule has 2 heterocycles. The average molecular weight is 289 g/mol. The molecule has 1 aliphatic rings. The predicted octanol–water partition coefficient (Wildman–Crippen LogP) is 3.54. The van der Waals surface area contributed by atoms with Crippen molar-refractivity contribution in [2.24, 2.45) is 0 Å². The van der Waals surface area contributed by atoms with E-state index < -0.39 is 0 Å². The summed E-state index contributed by atoms with van der Waals surface area (Å²) in [5, 5.41) is 5.66. The van der Waals surface area contributed by atoms with Crippen LogP contribution in [0, 0.1) is 0 Å². The molecule has 0 bridgehead atoms. The maximum Gasteiger partial charge on any atom is 0.231 e. The first-order chi connectivity index (χ1) is 9.67. The fourth-order valence-corrected chi connectivity index (χ4v) is 3.24. The van der Waals surface area contributed by atoms with E-state index in [2.05, 4.69) is 42.7 Å². The van der Waals surface area contributed by atoms with Gasteiger partial charge in [0.15, 0.2) is 11.5 Å². The lowest BCUT2D eigenvalue weighted by atomic mass is 9.91. The highest BCUT2D eigenvalue weighted by Gasteiger charge is 2.22. The Morgan fingerprint density at radius 2 is 2.10 bits per heavy atom. The number of para-hydroxylation sites is 1. The molecule has 1 aromatic heterocycles. The number of benzene rings is 1. The van der Waals surface area contributed by atoms with Gasteiger partial charge >= 0.3 is 0 Å². The molecule has 106 valence electrons. The SMILES string of the molecule is CC(C)(CNCc1cccc2c1OCO2)c1cccs1. The summed E-state index contributed by atoms with van der Waals surface area (Å²) in [5.74, 6) is 1.73. The molecule has 0 radical (unpaired) electrons. The molecule has 0 saturated carbocycles. The molecule has 3 nitrogen and oxygen atoms in total. The van der Waals surface area contributed by atoms with Crippen LogP contribution in [0.15, 0.2) is 35.7 Å². The lowest BCUT2D eigenvalue weighted by molar-refractivity contribution is 0.173. The summed E-state index contributed by atoms with van der Waals surface area (Å²) in [4.78, 5) is 1.41. The van der Waals surface area contributed by atoms with Gasteiger partial charge < -0.3 is 14.8 Å². The number of hydrogen-bond donors (Lipinski definition) is 1. The van der Waals surface area contributed by atoms with Gasteiger partial charge in [-0.3, -0.25) is 0 Å². The average Bonchev–Trinajstić information content (AvgIpc) is 3.10. The molecule has 0 spiro atoms.